The molecular formula is C29H41N3O3. The van der Waals surface area contributed by atoms with Gasteiger partial charge in [-0.3, -0.25) is 4.90 Å². The standard InChI is InChI=1S/C29H41N3O3/c1-8-22(3)31(18-25(33)20-34-29(5,6)7)19-27-23(4)30-32(24-12-10-9-11-13-24)28(27)35-26-16-14-21(2)15-17-26/h9-17,22,25,33H,8,18-20H2,1-7H3/t22-,25-/m0/s1. The topological polar surface area (TPSA) is 59.8 Å². The van der Waals surface area contributed by atoms with Crippen LogP contribution in [0.25, 0.3) is 5.69 Å². The van der Waals surface area contributed by atoms with E-state index in [0.29, 0.717) is 25.6 Å². The van der Waals surface area contributed by atoms with E-state index in [2.05, 4.69) is 25.7 Å². The highest BCUT2D eigenvalue weighted by Crippen LogP contribution is 2.32. The number of aliphatic hydroxyl groups is 1. The maximum Gasteiger partial charge on any atom is 0.227 e. The van der Waals surface area contributed by atoms with Crippen molar-refractivity contribution in [1.82, 2.24) is 14.7 Å². The van der Waals surface area contributed by atoms with Crippen molar-refractivity contribution < 1.29 is 14.6 Å². The molecule has 0 unspecified atom stereocenters. The number of para-hydroxylation sites is 1. The molecule has 0 bridgehead atoms. The molecule has 35 heavy (non-hydrogen) atoms. The zero-order valence-electron chi connectivity index (χ0n) is 22.3. The summed E-state index contributed by atoms with van der Waals surface area (Å²) in [5, 5.41) is 15.6. The summed E-state index contributed by atoms with van der Waals surface area (Å²) in [6, 6.07) is 18.4. The third kappa shape index (κ3) is 7.66. The van der Waals surface area contributed by atoms with E-state index >= 15 is 0 Å². The number of rotatable bonds is 11. The van der Waals surface area contributed by atoms with E-state index in [4.69, 9.17) is 14.6 Å². The third-order valence-corrected chi connectivity index (χ3v) is 6.10. The molecule has 2 aromatic carbocycles. The van der Waals surface area contributed by atoms with Gasteiger partial charge in [0.1, 0.15) is 5.75 Å². The van der Waals surface area contributed by atoms with Crippen LogP contribution in [0.2, 0.25) is 0 Å². The molecule has 0 radical (unpaired) electrons. The lowest BCUT2D eigenvalue weighted by Gasteiger charge is -2.31. The number of benzene rings is 2. The van der Waals surface area contributed by atoms with Crippen LogP contribution in [0.4, 0.5) is 0 Å². The third-order valence-electron chi connectivity index (χ3n) is 6.10. The zero-order chi connectivity index (χ0) is 25.6. The summed E-state index contributed by atoms with van der Waals surface area (Å²) >= 11 is 0. The van der Waals surface area contributed by atoms with Gasteiger partial charge in [-0.25, -0.2) is 4.68 Å². The molecule has 0 aliphatic rings. The Labute approximate surface area is 210 Å². The Morgan fingerprint density at radius 2 is 1.69 bits per heavy atom. The van der Waals surface area contributed by atoms with Crippen LogP contribution in [0.15, 0.2) is 54.6 Å². The van der Waals surface area contributed by atoms with E-state index in [-0.39, 0.29) is 11.6 Å². The highest BCUT2D eigenvalue weighted by Gasteiger charge is 2.25. The molecule has 0 spiro atoms. The lowest BCUT2D eigenvalue weighted by atomic mass is 10.1. The van der Waals surface area contributed by atoms with Crippen LogP contribution in [-0.2, 0) is 11.3 Å². The molecule has 0 saturated carbocycles. The molecule has 0 amide bonds. The van der Waals surface area contributed by atoms with Gasteiger partial charge in [-0.1, -0.05) is 42.8 Å². The predicted octanol–water partition coefficient (Wildman–Crippen LogP) is 6.06. The first-order valence-electron chi connectivity index (χ1n) is 12.5. The first-order valence-corrected chi connectivity index (χ1v) is 12.5. The maximum absolute atomic E-state index is 10.8. The second kappa shape index (κ2) is 11.8. The lowest BCUT2D eigenvalue weighted by Crippen LogP contribution is -2.41. The van der Waals surface area contributed by atoms with Gasteiger partial charge in [0.25, 0.3) is 0 Å². The SMILES string of the molecule is CC[C@H](C)N(Cc1c(C)nn(-c2ccccc2)c1Oc1ccc(C)cc1)C[C@H](O)COC(C)(C)C. The van der Waals surface area contributed by atoms with Crippen molar-refractivity contribution in [3.05, 3.63) is 71.4 Å². The van der Waals surface area contributed by atoms with E-state index in [1.54, 1.807) is 0 Å². The fourth-order valence-electron chi connectivity index (χ4n) is 3.82. The summed E-state index contributed by atoms with van der Waals surface area (Å²) in [7, 11) is 0. The molecule has 6 heteroatoms. The molecule has 0 aliphatic heterocycles. The summed E-state index contributed by atoms with van der Waals surface area (Å²) in [5.41, 5.74) is 3.76. The summed E-state index contributed by atoms with van der Waals surface area (Å²) in [6.07, 6.45) is 0.376. The minimum absolute atomic E-state index is 0.269. The van der Waals surface area contributed by atoms with Crippen molar-refractivity contribution in [3.8, 4) is 17.3 Å². The Hall–Kier alpha value is -2.67. The molecule has 6 nitrogen and oxygen atoms in total. The summed E-state index contributed by atoms with van der Waals surface area (Å²) in [4.78, 5) is 2.29. The van der Waals surface area contributed by atoms with Gasteiger partial charge in [0.15, 0.2) is 0 Å². The maximum atomic E-state index is 10.8. The van der Waals surface area contributed by atoms with Crippen molar-refractivity contribution in [2.24, 2.45) is 0 Å². The molecule has 1 heterocycles. The Morgan fingerprint density at radius 3 is 2.29 bits per heavy atom. The summed E-state index contributed by atoms with van der Waals surface area (Å²) in [5.74, 6) is 1.47. The molecular weight excluding hydrogens is 438 g/mol. The molecule has 3 rings (SSSR count). The Bertz CT molecular complexity index is 1060. The van der Waals surface area contributed by atoms with E-state index in [9.17, 15) is 5.11 Å². The smallest absolute Gasteiger partial charge is 0.227 e. The fraction of sp³-hybridized carbons (Fsp3) is 0.483. The van der Waals surface area contributed by atoms with Gasteiger partial charge in [-0.15, -0.1) is 0 Å². The Morgan fingerprint density at radius 1 is 1.03 bits per heavy atom. The second-order valence-electron chi connectivity index (χ2n) is 10.3. The Balaban J connectivity index is 1.94. The fourth-order valence-corrected chi connectivity index (χ4v) is 3.82. The van der Waals surface area contributed by atoms with Crippen molar-refractivity contribution in [2.45, 2.75) is 79.2 Å². The normalized spacial score (nSPS) is 13.7. The quantitative estimate of drug-likeness (QED) is 0.362. The molecule has 1 N–H and O–H groups in total. The van der Waals surface area contributed by atoms with Crippen LogP contribution in [0.5, 0.6) is 11.6 Å². The number of hydrogen-bond acceptors (Lipinski definition) is 5. The lowest BCUT2D eigenvalue weighted by molar-refractivity contribution is -0.0593. The first kappa shape index (κ1) is 26.9. The molecule has 3 aromatic rings. The number of ether oxygens (including phenoxy) is 2. The van der Waals surface area contributed by atoms with Crippen molar-refractivity contribution in [3.63, 3.8) is 0 Å². The van der Waals surface area contributed by atoms with Gasteiger partial charge in [0.2, 0.25) is 5.88 Å². The number of aliphatic hydroxyl groups excluding tert-OH is 1. The predicted molar refractivity (Wildman–Crippen MR) is 141 cm³/mol. The molecule has 0 saturated heterocycles. The average molecular weight is 480 g/mol. The molecule has 0 fully saturated rings. The minimum Gasteiger partial charge on any atom is -0.439 e. The van der Waals surface area contributed by atoms with E-state index in [1.807, 2.05) is 87.0 Å². The van der Waals surface area contributed by atoms with Crippen LogP contribution in [0.3, 0.4) is 0 Å². The molecule has 0 aliphatic carbocycles. The van der Waals surface area contributed by atoms with Crippen molar-refractivity contribution in [1.29, 1.82) is 0 Å². The van der Waals surface area contributed by atoms with Gasteiger partial charge >= 0.3 is 0 Å². The molecule has 190 valence electrons. The highest BCUT2D eigenvalue weighted by molar-refractivity contribution is 5.43. The minimum atomic E-state index is -0.589. The monoisotopic (exact) mass is 479 g/mol. The van der Waals surface area contributed by atoms with E-state index in [0.717, 1.165) is 29.1 Å². The second-order valence-corrected chi connectivity index (χ2v) is 10.3. The zero-order valence-corrected chi connectivity index (χ0v) is 22.3. The van der Waals surface area contributed by atoms with E-state index in [1.165, 1.54) is 5.56 Å². The highest BCUT2D eigenvalue weighted by atomic mass is 16.5. The number of aromatic nitrogens is 2. The van der Waals surface area contributed by atoms with E-state index < -0.39 is 6.10 Å². The van der Waals surface area contributed by atoms with Crippen molar-refractivity contribution in [2.75, 3.05) is 13.2 Å². The first-order chi connectivity index (χ1) is 16.6. The largest absolute Gasteiger partial charge is 0.439 e. The van der Waals surface area contributed by atoms with Crippen LogP contribution < -0.4 is 4.74 Å². The number of nitrogens with zero attached hydrogens (tertiary/aromatic N) is 3. The van der Waals surface area contributed by atoms with Crippen molar-refractivity contribution >= 4 is 0 Å². The summed E-state index contributed by atoms with van der Waals surface area (Å²) < 4.78 is 14.2. The van der Waals surface area contributed by atoms with Gasteiger partial charge in [0.05, 0.1) is 35.3 Å². The van der Waals surface area contributed by atoms with Crippen LogP contribution >= 0.6 is 0 Å². The van der Waals surface area contributed by atoms with Gasteiger partial charge in [-0.05, 0) is 72.2 Å². The van der Waals surface area contributed by atoms with Crippen LogP contribution in [0.1, 0.15) is 57.9 Å². The number of hydrogen-bond donors (Lipinski definition) is 1. The number of aryl methyl sites for hydroxylation is 2. The Kier molecular flexibility index (Phi) is 9.11. The van der Waals surface area contributed by atoms with Gasteiger partial charge < -0.3 is 14.6 Å². The average Bonchev–Trinajstić information content (AvgIpc) is 3.13. The van der Waals surface area contributed by atoms with Gasteiger partial charge in [0, 0.05) is 19.1 Å². The summed E-state index contributed by atoms with van der Waals surface area (Å²) in [6.45, 7) is 15.9. The van der Waals surface area contributed by atoms with Crippen LogP contribution in [-0.4, -0.2) is 50.7 Å². The van der Waals surface area contributed by atoms with Gasteiger partial charge in [-0.2, -0.15) is 5.10 Å². The molecule has 2 atom stereocenters. The molecule has 1 aromatic heterocycles. The van der Waals surface area contributed by atoms with Crippen LogP contribution in [0, 0.1) is 13.8 Å².